The van der Waals surface area contributed by atoms with Gasteiger partial charge in [-0.1, -0.05) is 0 Å². The van der Waals surface area contributed by atoms with Crippen LogP contribution in [-0.4, -0.2) is 46.5 Å². The van der Waals surface area contributed by atoms with Crippen LogP contribution in [0, 0.1) is 11.8 Å². The van der Waals surface area contributed by atoms with Crippen LogP contribution in [-0.2, 0) is 0 Å². The van der Waals surface area contributed by atoms with E-state index in [0.29, 0.717) is 12.1 Å². The Morgan fingerprint density at radius 1 is 1.00 bits per heavy atom. The molecule has 4 rings (SSSR count). The topological polar surface area (TPSA) is 43.7 Å². The minimum absolute atomic E-state index is 0.165. The molecule has 2 aliphatic heterocycles. The van der Waals surface area contributed by atoms with Crippen LogP contribution in [0.4, 0.5) is 0 Å². The van der Waals surface area contributed by atoms with E-state index in [0.717, 1.165) is 25.2 Å². The molecule has 4 aliphatic rings. The molecule has 4 bridgehead atoms. The van der Waals surface area contributed by atoms with Crippen LogP contribution < -0.4 is 0 Å². The molecule has 2 saturated carbocycles. The van der Waals surface area contributed by atoms with Gasteiger partial charge < -0.3 is 10.2 Å². The second kappa shape index (κ2) is 2.47. The van der Waals surface area contributed by atoms with Gasteiger partial charge in [0.05, 0.1) is 12.2 Å². The van der Waals surface area contributed by atoms with Crippen LogP contribution in [0.2, 0.25) is 0 Å². The lowest BCUT2D eigenvalue weighted by Gasteiger charge is -2.59. The minimum atomic E-state index is -0.284. The second-order valence-electron chi connectivity index (χ2n) is 5.02. The van der Waals surface area contributed by atoms with Gasteiger partial charge in [-0.05, 0) is 32.2 Å². The van der Waals surface area contributed by atoms with Crippen LogP contribution >= 0.6 is 0 Å². The summed E-state index contributed by atoms with van der Waals surface area (Å²) in [5, 5.41) is 19.9. The molecule has 2 saturated heterocycles. The highest BCUT2D eigenvalue weighted by atomic mass is 16.3. The summed E-state index contributed by atoms with van der Waals surface area (Å²) in [6.45, 7) is 0. The van der Waals surface area contributed by atoms with Gasteiger partial charge in [-0.3, -0.25) is 4.90 Å². The van der Waals surface area contributed by atoms with Crippen molar-refractivity contribution in [2.75, 3.05) is 7.05 Å². The number of aliphatic hydroxyl groups excluding tert-OH is 2. The number of piperidine rings is 2. The molecule has 2 aliphatic carbocycles. The van der Waals surface area contributed by atoms with Gasteiger partial charge in [0.25, 0.3) is 0 Å². The fourth-order valence-electron chi connectivity index (χ4n) is 3.75. The number of likely N-dealkylation sites (N-methyl/N-ethyl adjacent to an activating group) is 1. The molecule has 4 fully saturated rings. The van der Waals surface area contributed by atoms with Crippen molar-refractivity contribution in [1.82, 2.24) is 4.90 Å². The van der Waals surface area contributed by atoms with Crippen molar-refractivity contribution in [2.24, 2.45) is 11.8 Å². The Morgan fingerprint density at radius 3 is 2.08 bits per heavy atom. The van der Waals surface area contributed by atoms with Crippen molar-refractivity contribution in [2.45, 2.75) is 43.6 Å². The predicted molar refractivity (Wildman–Crippen MR) is 48.2 cm³/mol. The van der Waals surface area contributed by atoms with E-state index in [2.05, 4.69) is 4.90 Å². The molecule has 2 heterocycles. The molecule has 3 heteroatoms. The van der Waals surface area contributed by atoms with Crippen LogP contribution in [0.5, 0.6) is 0 Å². The first-order valence-electron chi connectivity index (χ1n) is 5.26. The average Bonchev–Trinajstić information content (AvgIpc) is 2.12. The first-order valence-corrected chi connectivity index (χ1v) is 5.26. The normalized spacial score (nSPS) is 60.2. The van der Waals surface area contributed by atoms with Crippen LogP contribution in [0.15, 0.2) is 0 Å². The van der Waals surface area contributed by atoms with Gasteiger partial charge in [-0.15, -0.1) is 0 Å². The van der Waals surface area contributed by atoms with Gasteiger partial charge in [0.2, 0.25) is 0 Å². The van der Waals surface area contributed by atoms with Gasteiger partial charge in [-0.2, -0.15) is 0 Å². The molecular formula is C10H17NO2. The lowest BCUT2D eigenvalue weighted by Crippen LogP contribution is -2.69. The minimum Gasteiger partial charge on any atom is -0.391 e. The maximum Gasteiger partial charge on any atom is 0.0748 e. The molecule has 0 amide bonds. The average molecular weight is 183 g/mol. The predicted octanol–water partition coefficient (Wildman–Crippen LogP) is -0.179. The van der Waals surface area contributed by atoms with Gasteiger partial charge in [0.1, 0.15) is 0 Å². The molecule has 0 aromatic heterocycles. The van der Waals surface area contributed by atoms with Crippen molar-refractivity contribution < 1.29 is 10.2 Å². The van der Waals surface area contributed by atoms with E-state index >= 15 is 0 Å². The van der Waals surface area contributed by atoms with E-state index in [4.69, 9.17) is 0 Å². The summed E-state index contributed by atoms with van der Waals surface area (Å²) in [7, 11) is 2.04. The van der Waals surface area contributed by atoms with E-state index in [9.17, 15) is 10.2 Å². The number of hydrogen-bond acceptors (Lipinski definition) is 3. The molecule has 0 aromatic rings. The Bertz CT molecular complexity index is 183. The SMILES string of the molecule is CN1C2CC3CC([C@H]2O)[C@H](O)C1C3. The van der Waals surface area contributed by atoms with E-state index in [1.54, 1.807) is 0 Å². The molecule has 0 radical (unpaired) electrons. The molecule has 0 aromatic carbocycles. The molecule has 13 heavy (non-hydrogen) atoms. The van der Waals surface area contributed by atoms with Crippen molar-refractivity contribution >= 4 is 0 Å². The highest BCUT2D eigenvalue weighted by Crippen LogP contribution is 2.48. The Kier molecular flexibility index (Phi) is 1.56. The fourth-order valence-corrected chi connectivity index (χ4v) is 3.75. The lowest BCUT2D eigenvalue weighted by atomic mass is 9.61. The fraction of sp³-hybridized carbons (Fsp3) is 1.00. The van der Waals surface area contributed by atoms with Crippen LogP contribution in [0.25, 0.3) is 0 Å². The number of rotatable bonds is 0. The molecular weight excluding hydrogens is 166 g/mol. The molecule has 2 N–H and O–H groups in total. The molecule has 4 unspecified atom stereocenters. The zero-order valence-corrected chi connectivity index (χ0v) is 7.93. The first-order chi connectivity index (χ1) is 6.18. The summed E-state index contributed by atoms with van der Waals surface area (Å²) < 4.78 is 0. The zero-order chi connectivity index (χ0) is 9.16. The maximum atomic E-state index is 9.97. The van der Waals surface area contributed by atoms with Crippen molar-refractivity contribution in [3.8, 4) is 0 Å². The Labute approximate surface area is 78.4 Å². The summed E-state index contributed by atoms with van der Waals surface area (Å²) in [4.78, 5) is 2.20. The van der Waals surface area contributed by atoms with Crippen LogP contribution in [0.3, 0.4) is 0 Å². The zero-order valence-electron chi connectivity index (χ0n) is 7.93. The van der Waals surface area contributed by atoms with Crippen LogP contribution in [0.1, 0.15) is 19.3 Å². The van der Waals surface area contributed by atoms with Gasteiger partial charge >= 0.3 is 0 Å². The third-order valence-electron chi connectivity index (χ3n) is 4.47. The molecule has 74 valence electrons. The molecule has 0 spiro atoms. The summed E-state index contributed by atoms with van der Waals surface area (Å²) in [5.74, 6) is 0.932. The number of hydrogen-bond donors (Lipinski definition) is 2. The quantitative estimate of drug-likeness (QED) is 0.547. The summed E-state index contributed by atoms with van der Waals surface area (Å²) in [6, 6.07) is 0.650. The van der Waals surface area contributed by atoms with Gasteiger partial charge in [0, 0.05) is 18.0 Å². The van der Waals surface area contributed by atoms with Gasteiger partial charge in [0.15, 0.2) is 0 Å². The highest BCUT2D eigenvalue weighted by Gasteiger charge is 2.55. The Balaban J connectivity index is 1.97. The summed E-state index contributed by atoms with van der Waals surface area (Å²) in [6.07, 6.45) is 2.75. The first kappa shape index (κ1) is 8.21. The Morgan fingerprint density at radius 2 is 1.54 bits per heavy atom. The second-order valence-corrected chi connectivity index (χ2v) is 5.02. The number of nitrogens with zero attached hydrogens (tertiary/aromatic N) is 1. The third kappa shape index (κ3) is 0.901. The van der Waals surface area contributed by atoms with E-state index in [1.165, 1.54) is 0 Å². The highest BCUT2D eigenvalue weighted by molar-refractivity contribution is 5.08. The van der Waals surface area contributed by atoms with E-state index in [-0.39, 0.29) is 18.1 Å². The van der Waals surface area contributed by atoms with Crippen molar-refractivity contribution in [3.63, 3.8) is 0 Å². The molecule has 6 atom stereocenters. The summed E-state index contributed by atoms with van der Waals surface area (Å²) in [5.41, 5.74) is 0. The maximum absolute atomic E-state index is 9.97. The Hall–Kier alpha value is -0.120. The standard InChI is InChI=1S/C10H17NO2/c1-11-7-3-5-2-6(9(7)12)10(13)8(11)4-5/h5-10,12-13H,2-4H2,1H3/t5?,6?,7?,8?,9-,10+. The van der Waals surface area contributed by atoms with Crippen molar-refractivity contribution in [3.05, 3.63) is 0 Å². The third-order valence-corrected chi connectivity index (χ3v) is 4.47. The lowest BCUT2D eigenvalue weighted by molar-refractivity contribution is -0.187. The van der Waals surface area contributed by atoms with Crippen molar-refractivity contribution in [1.29, 1.82) is 0 Å². The van der Waals surface area contributed by atoms with E-state index < -0.39 is 0 Å². The summed E-state index contributed by atoms with van der Waals surface area (Å²) >= 11 is 0. The monoisotopic (exact) mass is 183 g/mol. The largest absolute Gasteiger partial charge is 0.391 e. The smallest absolute Gasteiger partial charge is 0.0748 e. The number of aliphatic hydroxyl groups is 2. The molecule has 3 nitrogen and oxygen atoms in total. The van der Waals surface area contributed by atoms with E-state index in [1.807, 2.05) is 7.05 Å². The van der Waals surface area contributed by atoms with Gasteiger partial charge in [-0.25, -0.2) is 0 Å².